The number of carbonyl (C=O) groups excluding carboxylic acids is 1. The minimum atomic E-state index is -1.03. The normalized spacial score (nSPS) is 24.6. The number of amides is 1. The molecule has 5 rings (SSSR count). The first-order chi connectivity index (χ1) is 17.6. The van der Waals surface area contributed by atoms with Crippen LogP contribution in [0, 0.1) is 0 Å². The van der Waals surface area contributed by atoms with Gasteiger partial charge in [-0.05, 0) is 24.8 Å². The monoisotopic (exact) mass is 488 g/mol. The molecular weight excluding hydrogens is 452 g/mol. The molecule has 36 heavy (non-hydrogen) atoms. The molecule has 190 valence electrons. The van der Waals surface area contributed by atoms with Gasteiger partial charge in [0, 0.05) is 44.3 Å². The number of imidazole rings is 1. The first-order valence-corrected chi connectivity index (χ1v) is 13.1. The summed E-state index contributed by atoms with van der Waals surface area (Å²) in [5.41, 5.74) is 2.26. The van der Waals surface area contributed by atoms with E-state index in [2.05, 4.69) is 22.4 Å². The zero-order valence-corrected chi connectivity index (χ0v) is 20.7. The van der Waals surface area contributed by atoms with Crippen LogP contribution in [0.4, 0.5) is 0 Å². The summed E-state index contributed by atoms with van der Waals surface area (Å²) < 4.78 is 2.01. The van der Waals surface area contributed by atoms with Crippen molar-refractivity contribution in [3.05, 3.63) is 78.2 Å². The van der Waals surface area contributed by atoms with Crippen LogP contribution in [0.1, 0.15) is 54.2 Å². The summed E-state index contributed by atoms with van der Waals surface area (Å²) in [6.07, 6.45) is 6.14. The molecule has 0 radical (unpaired) electrons. The molecule has 1 aliphatic carbocycles. The minimum absolute atomic E-state index is 0.0309. The summed E-state index contributed by atoms with van der Waals surface area (Å²) in [6.45, 7) is 2.03. The van der Waals surface area contributed by atoms with Crippen molar-refractivity contribution in [2.75, 3.05) is 26.2 Å². The van der Waals surface area contributed by atoms with Gasteiger partial charge in [0.1, 0.15) is 0 Å². The molecule has 1 aromatic heterocycles. The molecule has 2 heterocycles. The third kappa shape index (κ3) is 4.96. The number of benzene rings is 2. The Morgan fingerprint density at radius 2 is 1.83 bits per heavy atom. The molecule has 2 fully saturated rings. The Kier molecular flexibility index (Phi) is 7.51. The zero-order chi connectivity index (χ0) is 25.0. The number of hydrogen-bond acceptors (Lipinski definition) is 5. The van der Waals surface area contributed by atoms with Gasteiger partial charge in [0.25, 0.3) is 5.91 Å². The molecule has 0 bridgehead atoms. The van der Waals surface area contributed by atoms with Crippen LogP contribution < -0.4 is 5.32 Å². The van der Waals surface area contributed by atoms with Gasteiger partial charge in [0.05, 0.1) is 23.7 Å². The first kappa shape index (κ1) is 24.7. The smallest absolute Gasteiger partial charge is 0.275 e. The number of piperazine rings is 1. The summed E-state index contributed by atoms with van der Waals surface area (Å²) in [6, 6.07) is 19.9. The minimum Gasteiger partial charge on any atom is -0.396 e. The Morgan fingerprint density at radius 3 is 2.58 bits per heavy atom. The number of aliphatic hydroxyl groups is 2. The number of aromatic nitrogens is 2. The topological polar surface area (TPSA) is 90.6 Å². The highest BCUT2D eigenvalue weighted by Gasteiger charge is 2.42. The fraction of sp³-hybridized carbons (Fsp3) is 0.448. The molecule has 1 saturated heterocycles. The molecule has 3 N–H and O–H groups in total. The van der Waals surface area contributed by atoms with Crippen molar-refractivity contribution >= 4 is 5.91 Å². The van der Waals surface area contributed by atoms with Gasteiger partial charge >= 0.3 is 0 Å². The third-order valence-corrected chi connectivity index (χ3v) is 7.81. The quantitative estimate of drug-likeness (QED) is 0.474. The Hall–Kier alpha value is -3.00. The Balaban J connectivity index is 1.53. The summed E-state index contributed by atoms with van der Waals surface area (Å²) in [5, 5.41) is 24.7. The van der Waals surface area contributed by atoms with E-state index < -0.39 is 5.60 Å². The number of rotatable bonds is 7. The Morgan fingerprint density at radius 1 is 1.08 bits per heavy atom. The maximum absolute atomic E-state index is 14.1. The average Bonchev–Trinajstić information content (AvgIpc) is 3.35. The lowest BCUT2D eigenvalue weighted by Gasteiger charge is -2.41. The van der Waals surface area contributed by atoms with E-state index in [9.17, 15) is 15.0 Å². The lowest BCUT2D eigenvalue weighted by molar-refractivity contribution is -0.0570. The van der Waals surface area contributed by atoms with Crippen molar-refractivity contribution in [2.45, 2.75) is 56.2 Å². The van der Waals surface area contributed by atoms with E-state index in [0.29, 0.717) is 25.1 Å². The summed E-state index contributed by atoms with van der Waals surface area (Å²) in [7, 11) is 0. The molecule has 7 heteroatoms. The van der Waals surface area contributed by atoms with E-state index >= 15 is 0 Å². The highest BCUT2D eigenvalue weighted by Crippen LogP contribution is 2.42. The number of nitrogens with zero attached hydrogens (tertiary/aromatic N) is 3. The molecule has 1 saturated carbocycles. The second-order valence-corrected chi connectivity index (χ2v) is 10.1. The molecule has 7 nitrogen and oxygen atoms in total. The summed E-state index contributed by atoms with van der Waals surface area (Å²) in [4.78, 5) is 20.7. The Labute approximate surface area is 212 Å². The lowest BCUT2D eigenvalue weighted by atomic mass is 9.78. The molecule has 1 amide bonds. The Bertz CT molecular complexity index is 1150. The lowest BCUT2D eigenvalue weighted by Crippen LogP contribution is -2.54. The van der Waals surface area contributed by atoms with Crippen LogP contribution in [-0.2, 0) is 6.42 Å². The van der Waals surface area contributed by atoms with E-state index in [1.54, 1.807) is 6.33 Å². The van der Waals surface area contributed by atoms with E-state index in [4.69, 9.17) is 0 Å². The van der Waals surface area contributed by atoms with Crippen LogP contribution in [0.3, 0.4) is 0 Å². The second kappa shape index (κ2) is 10.9. The van der Waals surface area contributed by atoms with Gasteiger partial charge in [-0.25, -0.2) is 4.98 Å². The van der Waals surface area contributed by atoms with Gasteiger partial charge in [-0.15, -0.1) is 0 Å². The fourth-order valence-electron chi connectivity index (χ4n) is 5.96. The molecule has 3 aromatic rings. The predicted octanol–water partition coefficient (Wildman–Crippen LogP) is 3.44. The van der Waals surface area contributed by atoms with E-state index in [1.807, 2.05) is 58.0 Å². The third-order valence-electron chi connectivity index (χ3n) is 7.81. The van der Waals surface area contributed by atoms with Crippen molar-refractivity contribution in [1.82, 2.24) is 19.8 Å². The van der Waals surface area contributed by atoms with E-state index in [1.165, 1.54) is 5.56 Å². The number of carbonyl (C=O) groups is 1. The summed E-state index contributed by atoms with van der Waals surface area (Å²) in [5.74, 6) is -0.0726. The van der Waals surface area contributed by atoms with Crippen molar-refractivity contribution in [2.24, 2.45) is 0 Å². The van der Waals surface area contributed by atoms with Crippen molar-refractivity contribution < 1.29 is 15.0 Å². The van der Waals surface area contributed by atoms with Crippen LogP contribution in [0.25, 0.3) is 11.3 Å². The standard InChI is InChI=1S/C29H36N4O3/c34-18-15-29(36)14-8-7-13-25(29)33-21-31-26(27(33)23-11-5-2-6-12-23)28(35)32-17-16-30-20-24(32)19-22-9-3-1-4-10-22/h1-6,9-12,21,24-25,30,34,36H,7-8,13-20H2/t24-,25+,29?/m1/s1. The number of hydrogen-bond donors (Lipinski definition) is 3. The van der Waals surface area contributed by atoms with Gasteiger partial charge in [0.15, 0.2) is 5.69 Å². The van der Waals surface area contributed by atoms with Crippen molar-refractivity contribution in [3.63, 3.8) is 0 Å². The average molecular weight is 489 g/mol. The number of nitrogens with one attached hydrogen (secondary N) is 1. The highest BCUT2D eigenvalue weighted by molar-refractivity contribution is 5.98. The van der Waals surface area contributed by atoms with Crippen LogP contribution in [-0.4, -0.2) is 68.5 Å². The molecule has 2 aromatic carbocycles. The van der Waals surface area contributed by atoms with Crippen molar-refractivity contribution in [1.29, 1.82) is 0 Å². The second-order valence-electron chi connectivity index (χ2n) is 10.1. The SMILES string of the molecule is O=C(c1ncn([C@H]2CCCCC2(O)CCO)c1-c1ccccc1)N1CCNC[C@H]1Cc1ccccc1. The van der Waals surface area contributed by atoms with Gasteiger partial charge in [-0.2, -0.15) is 0 Å². The molecular formula is C29H36N4O3. The molecule has 2 aliphatic rings. The van der Waals surface area contributed by atoms with Crippen LogP contribution in [0.2, 0.25) is 0 Å². The maximum Gasteiger partial charge on any atom is 0.275 e. The molecule has 3 atom stereocenters. The fourth-order valence-corrected chi connectivity index (χ4v) is 5.96. The first-order valence-electron chi connectivity index (χ1n) is 13.1. The molecule has 0 spiro atoms. The van der Waals surface area contributed by atoms with Gasteiger partial charge < -0.3 is 25.0 Å². The van der Waals surface area contributed by atoms with E-state index in [-0.39, 0.29) is 24.6 Å². The van der Waals surface area contributed by atoms with Gasteiger partial charge in [-0.1, -0.05) is 73.5 Å². The van der Waals surface area contributed by atoms with Crippen LogP contribution in [0.15, 0.2) is 67.0 Å². The van der Waals surface area contributed by atoms with Gasteiger partial charge in [0.2, 0.25) is 0 Å². The molecule has 1 aliphatic heterocycles. The summed E-state index contributed by atoms with van der Waals surface area (Å²) >= 11 is 0. The zero-order valence-electron chi connectivity index (χ0n) is 20.7. The highest BCUT2D eigenvalue weighted by atomic mass is 16.3. The van der Waals surface area contributed by atoms with E-state index in [0.717, 1.165) is 50.0 Å². The predicted molar refractivity (Wildman–Crippen MR) is 140 cm³/mol. The maximum atomic E-state index is 14.1. The molecule has 1 unspecified atom stereocenters. The van der Waals surface area contributed by atoms with Gasteiger partial charge in [-0.3, -0.25) is 4.79 Å². The van der Waals surface area contributed by atoms with Crippen molar-refractivity contribution in [3.8, 4) is 11.3 Å². The largest absolute Gasteiger partial charge is 0.396 e. The van der Waals surface area contributed by atoms with Crippen LogP contribution >= 0.6 is 0 Å². The number of aliphatic hydroxyl groups excluding tert-OH is 1. The van der Waals surface area contributed by atoms with Crippen LogP contribution in [0.5, 0.6) is 0 Å².